The van der Waals surface area contributed by atoms with Crippen molar-refractivity contribution in [1.82, 2.24) is 24.7 Å². The van der Waals surface area contributed by atoms with Gasteiger partial charge in [0.1, 0.15) is 11.5 Å². The van der Waals surface area contributed by atoms with Gasteiger partial charge in [-0.3, -0.25) is 13.8 Å². The summed E-state index contributed by atoms with van der Waals surface area (Å²) in [5.41, 5.74) is 1.65. The Morgan fingerprint density at radius 2 is 2.32 bits per heavy atom. The second-order valence-electron chi connectivity index (χ2n) is 5.31. The molecule has 0 saturated carbocycles. The summed E-state index contributed by atoms with van der Waals surface area (Å²) < 4.78 is 15.0. The average molecular weight is 318 g/mol. The van der Waals surface area contributed by atoms with E-state index in [9.17, 15) is 4.39 Å². The van der Waals surface area contributed by atoms with E-state index in [1.54, 1.807) is 29.9 Å². The normalized spacial score (nSPS) is 21.5. The minimum Gasteiger partial charge on any atom is -0.364 e. The van der Waals surface area contributed by atoms with Crippen LogP contribution in [0.25, 0.3) is 16.3 Å². The quantitative estimate of drug-likeness (QED) is 0.768. The van der Waals surface area contributed by atoms with Crippen molar-refractivity contribution < 1.29 is 4.39 Å². The number of fused-ring (bicyclic) bond motifs is 1. The van der Waals surface area contributed by atoms with Gasteiger partial charge >= 0.3 is 0 Å². The van der Waals surface area contributed by atoms with Crippen LogP contribution in [-0.4, -0.2) is 45.2 Å². The van der Waals surface area contributed by atoms with Crippen LogP contribution in [0, 0.1) is 5.92 Å². The maximum Gasteiger partial charge on any atom is 0.194 e. The molecule has 8 heteroatoms. The topological polar surface area (TPSA) is 67.1 Å². The molecule has 0 unspecified atom stereocenters. The third-order valence-electron chi connectivity index (χ3n) is 3.91. The minimum absolute atomic E-state index is 0.0241. The highest BCUT2D eigenvalue weighted by atomic mass is 32.1. The van der Waals surface area contributed by atoms with Crippen LogP contribution in [0.1, 0.15) is 0 Å². The molecule has 2 N–H and O–H groups in total. The molecule has 2 atom stereocenters. The molecule has 22 heavy (non-hydrogen) atoms. The Labute approximate surface area is 130 Å². The molecule has 6 nitrogen and oxygen atoms in total. The molecule has 1 fully saturated rings. The summed E-state index contributed by atoms with van der Waals surface area (Å²) in [7, 11) is 0. The lowest BCUT2D eigenvalue weighted by molar-refractivity contribution is 0.367. The maximum atomic E-state index is 13.0. The van der Waals surface area contributed by atoms with Crippen molar-refractivity contribution in [3.8, 4) is 11.4 Å². The van der Waals surface area contributed by atoms with Gasteiger partial charge in [-0.2, -0.15) is 0 Å². The average Bonchev–Trinajstić information content (AvgIpc) is 3.23. The highest BCUT2D eigenvalue weighted by molar-refractivity contribution is 7.15. The highest BCUT2D eigenvalue weighted by Crippen LogP contribution is 2.23. The summed E-state index contributed by atoms with van der Waals surface area (Å²) >= 11 is 1.57. The fraction of sp³-hybridized carbons (Fsp3) is 0.357. The van der Waals surface area contributed by atoms with Crippen LogP contribution in [0.2, 0.25) is 0 Å². The lowest BCUT2D eigenvalue weighted by Gasteiger charge is -2.17. The van der Waals surface area contributed by atoms with Gasteiger partial charge in [0.25, 0.3) is 0 Å². The van der Waals surface area contributed by atoms with E-state index in [0.29, 0.717) is 12.4 Å². The maximum absolute atomic E-state index is 13.0. The fourth-order valence-electron chi connectivity index (χ4n) is 2.73. The number of halogens is 1. The molecular formula is C14H15FN6S. The van der Waals surface area contributed by atoms with Crippen LogP contribution in [0.3, 0.4) is 0 Å². The monoisotopic (exact) mass is 318 g/mol. The Kier molecular flexibility index (Phi) is 3.47. The molecule has 0 amide bonds. The molecule has 0 aliphatic carbocycles. The molecule has 0 spiro atoms. The summed E-state index contributed by atoms with van der Waals surface area (Å²) in [5, 5.41) is 8.46. The van der Waals surface area contributed by atoms with Crippen LogP contribution in [0.5, 0.6) is 0 Å². The van der Waals surface area contributed by atoms with Crippen molar-refractivity contribution >= 4 is 22.1 Å². The third-order valence-corrected chi connectivity index (χ3v) is 4.69. The molecule has 1 aliphatic rings. The first-order chi connectivity index (χ1) is 10.8. The minimum atomic E-state index is -0.337. The van der Waals surface area contributed by atoms with Crippen molar-refractivity contribution in [3.63, 3.8) is 0 Å². The Bertz CT molecular complexity index is 784. The molecule has 114 valence electrons. The zero-order valence-corrected chi connectivity index (χ0v) is 12.6. The van der Waals surface area contributed by atoms with E-state index in [0.717, 1.165) is 22.9 Å². The number of imidazole rings is 1. The van der Waals surface area contributed by atoms with Crippen molar-refractivity contribution in [2.45, 2.75) is 6.04 Å². The van der Waals surface area contributed by atoms with Gasteiger partial charge in [-0.1, -0.05) is 0 Å². The molecule has 4 rings (SSSR count). The molecule has 0 bridgehead atoms. The number of anilines is 1. The number of hydrogen-bond acceptors (Lipinski definition) is 6. The van der Waals surface area contributed by atoms with E-state index in [-0.39, 0.29) is 18.6 Å². The van der Waals surface area contributed by atoms with Crippen molar-refractivity contribution in [2.24, 2.45) is 5.92 Å². The summed E-state index contributed by atoms with van der Waals surface area (Å²) in [4.78, 5) is 14.1. The van der Waals surface area contributed by atoms with Gasteiger partial charge in [-0.05, 0) is 0 Å². The second-order valence-corrected chi connectivity index (χ2v) is 6.19. The smallest absolute Gasteiger partial charge is 0.194 e. The first kappa shape index (κ1) is 13.6. The Morgan fingerprint density at radius 1 is 1.36 bits per heavy atom. The second kappa shape index (κ2) is 5.62. The SMILES string of the molecule is FC[C@@H]1CNC[C@@H]1Nc1cncc(-c2cnc3sccn23)n1. The molecule has 1 saturated heterocycles. The number of nitrogens with zero attached hydrogens (tertiary/aromatic N) is 4. The van der Waals surface area contributed by atoms with Crippen LogP contribution in [-0.2, 0) is 0 Å². The standard InChI is InChI=1S/C14H15FN6S/c15-3-9-4-16-5-10(9)19-13-8-17-6-11(20-13)12-7-18-14-21(12)1-2-22-14/h1-2,6-10,16H,3-5H2,(H,19,20)/t9-,10+/m1/s1. The third kappa shape index (κ3) is 2.34. The van der Waals surface area contributed by atoms with Crippen LogP contribution < -0.4 is 10.6 Å². The number of hydrogen-bond donors (Lipinski definition) is 2. The fourth-order valence-corrected chi connectivity index (χ4v) is 3.42. The Hall–Kier alpha value is -2.06. The van der Waals surface area contributed by atoms with Crippen LogP contribution in [0.4, 0.5) is 10.2 Å². The van der Waals surface area contributed by atoms with E-state index >= 15 is 0 Å². The number of rotatable bonds is 4. The van der Waals surface area contributed by atoms with Gasteiger partial charge in [0.05, 0.1) is 31.0 Å². The summed E-state index contributed by atoms with van der Waals surface area (Å²) in [5.74, 6) is 0.638. The zero-order chi connectivity index (χ0) is 14.9. The highest BCUT2D eigenvalue weighted by Gasteiger charge is 2.27. The molecule has 3 aromatic rings. The number of alkyl halides is 1. The molecule has 0 aromatic carbocycles. The summed E-state index contributed by atoms with van der Waals surface area (Å²) in [6, 6.07) is 0.0427. The zero-order valence-electron chi connectivity index (χ0n) is 11.7. The van der Waals surface area contributed by atoms with E-state index in [1.807, 2.05) is 16.0 Å². The Balaban J connectivity index is 1.62. The first-order valence-corrected chi connectivity index (χ1v) is 7.99. The molecule has 0 radical (unpaired) electrons. The Morgan fingerprint density at radius 3 is 3.23 bits per heavy atom. The summed E-state index contributed by atoms with van der Waals surface area (Å²) in [6.07, 6.45) is 7.14. The van der Waals surface area contributed by atoms with E-state index in [1.165, 1.54) is 0 Å². The molecule has 1 aliphatic heterocycles. The predicted molar refractivity (Wildman–Crippen MR) is 83.8 cm³/mol. The van der Waals surface area contributed by atoms with E-state index in [4.69, 9.17) is 0 Å². The predicted octanol–water partition coefficient (Wildman–Crippen LogP) is 1.82. The van der Waals surface area contributed by atoms with Crippen LogP contribution in [0.15, 0.2) is 30.2 Å². The molecule has 4 heterocycles. The summed E-state index contributed by atoms with van der Waals surface area (Å²) in [6.45, 7) is 1.09. The lowest BCUT2D eigenvalue weighted by Crippen LogP contribution is -2.29. The van der Waals surface area contributed by atoms with Gasteiger partial charge in [0, 0.05) is 36.6 Å². The van der Waals surface area contributed by atoms with E-state index in [2.05, 4.69) is 25.6 Å². The van der Waals surface area contributed by atoms with Gasteiger partial charge in [-0.15, -0.1) is 11.3 Å². The largest absolute Gasteiger partial charge is 0.364 e. The lowest BCUT2D eigenvalue weighted by atomic mass is 10.1. The molecule has 3 aromatic heterocycles. The van der Waals surface area contributed by atoms with Crippen molar-refractivity contribution in [3.05, 3.63) is 30.2 Å². The van der Waals surface area contributed by atoms with Crippen molar-refractivity contribution in [2.75, 3.05) is 25.1 Å². The number of thiazole rings is 1. The van der Waals surface area contributed by atoms with Gasteiger partial charge in [0.2, 0.25) is 0 Å². The first-order valence-electron chi connectivity index (χ1n) is 7.11. The van der Waals surface area contributed by atoms with Crippen LogP contribution >= 0.6 is 11.3 Å². The van der Waals surface area contributed by atoms with Gasteiger partial charge in [-0.25, -0.2) is 9.97 Å². The van der Waals surface area contributed by atoms with Crippen molar-refractivity contribution in [1.29, 1.82) is 0 Å². The van der Waals surface area contributed by atoms with Gasteiger partial charge < -0.3 is 10.6 Å². The number of nitrogens with one attached hydrogen (secondary N) is 2. The molecular weight excluding hydrogens is 303 g/mol. The van der Waals surface area contributed by atoms with E-state index < -0.39 is 0 Å². The number of aromatic nitrogens is 4. The van der Waals surface area contributed by atoms with Gasteiger partial charge in [0.15, 0.2) is 4.96 Å².